The highest BCUT2D eigenvalue weighted by atomic mass is 32.2. The molecule has 0 aliphatic carbocycles. The number of benzene rings is 2. The number of nitriles is 1. The van der Waals surface area contributed by atoms with Crippen LogP contribution in [0.15, 0.2) is 48.0 Å². The summed E-state index contributed by atoms with van der Waals surface area (Å²) in [6, 6.07) is 10.1. The SMILES string of the molecule is CS(=O)(=O)Nc1cc(NC(=O)C(C#N)=Cc2ccc(F)cc2)ccc1F. The molecule has 1 amide bonds. The zero-order valence-electron chi connectivity index (χ0n) is 13.5. The van der Waals surface area contributed by atoms with Crippen LogP contribution in [0.1, 0.15) is 5.56 Å². The molecule has 0 aromatic heterocycles. The molecule has 0 fully saturated rings. The predicted octanol–water partition coefficient (Wildman–Crippen LogP) is 2.88. The van der Waals surface area contributed by atoms with Crippen molar-refractivity contribution in [3.63, 3.8) is 0 Å². The molecule has 0 unspecified atom stereocenters. The van der Waals surface area contributed by atoms with Crippen molar-refractivity contribution < 1.29 is 22.0 Å². The largest absolute Gasteiger partial charge is 0.321 e. The van der Waals surface area contributed by atoms with Crippen molar-refractivity contribution in [3.8, 4) is 6.07 Å². The Kier molecular flexibility index (Phi) is 5.69. The van der Waals surface area contributed by atoms with Gasteiger partial charge in [0, 0.05) is 5.69 Å². The van der Waals surface area contributed by atoms with E-state index in [1.807, 2.05) is 4.72 Å². The minimum Gasteiger partial charge on any atom is -0.321 e. The maximum atomic E-state index is 13.6. The van der Waals surface area contributed by atoms with Gasteiger partial charge in [0.25, 0.3) is 5.91 Å². The summed E-state index contributed by atoms with van der Waals surface area (Å²) < 4.78 is 51.0. The molecule has 2 aromatic rings. The number of carbonyl (C=O) groups is 1. The van der Waals surface area contributed by atoms with Crippen molar-refractivity contribution in [2.75, 3.05) is 16.3 Å². The Morgan fingerprint density at radius 3 is 2.38 bits per heavy atom. The average Bonchev–Trinajstić information content (AvgIpc) is 2.56. The first-order valence-electron chi connectivity index (χ1n) is 7.14. The monoisotopic (exact) mass is 377 g/mol. The van der Waals surface area contributed by atoms with Crippen LogP contribution >= 0.6 is 0 Å². The van der Waals surface area contributed by atoms with Crippen LogP contribution in [0.25, 0.3) is 6.08 Å². The summed E-state index contributed by atoms with van der Waals surface area (Å²) in [5, 5.41) is 11.5. The molecule has 0 atom stereocenters. The first kappa shape index (κ1) is 19.1. The molecule has 2 aromatic carbocycles. The Labute approximate surface area is 148 Å². The summed E-state index contributed by atoms with van der Waals surface area (Å²) in [4.78, 5) is 12.2. The van der Waals surface area contributed by atoms with E-state index in [4.69, 9.17) is 5.26 Å². The lowest BCUT2D eigenvalue weighted by molar-refractivity contribution is -0.112. The molecule has 2 N–H and O–H groups in total. The molecule has 26 heavy (non-hydrogen) atoms. The van der Waals surface area contributed by atoms with Gasteiger partial charge in [0.2, 0.25) is 10.0 Å². The fraction of sp³-hybridized carbons (Fsp3) is 0.0588. The van der Waals surface area contributed by atoms with E-state index >= 15 is 0 Å². The number of nitrogens with zero attached hydrogens (tertiary/aromatic N) is 1. The van der Waals surface area contributed by atoms with Crippen LogP contribution in [0.3, 0.4) is 0 Å². The topological polar surface area (TPSA) is 99.1 Å². The summed E-state index contributed by atoms with van der Waals surface area (Å²) in [6.45, 7) is 0. The van der Waals surface area contributed by atoms with Gasteiger partial charge in [-0.3, -0.25) is 9.52 Å². The number of hydrogen-bond donors (Lipinski definition) is 2. The van der Waals surface area contributed by atoms with Gasteiger partial charge in [-0.05, 0) is 42.0 Å². The van der Waals surface area contributed by atoms with Crippen molar-refractivity contribution >= 4 is 33.4 Å². The molecular formula is C17H13F2N3O3S. The van der Waals surface area contributed by atoms with Crippen LogP contribution in [0.5, 0.6) is 0 Å². The average molecular weight is 377 g/mol. The van der Waals surface area contributed by atoms with Gasteiger partial charge in [0.1, 0.15) is 23.3 Å². The minimum absolute atomic E-state index is 0.0859. The molecule has 0 saturated heterocycles. The highest BCUT2D eigenvalue weighted by Crippen LogP contribution is 2.21. The zero-order chi connectivity index (χ0) is 19.3. The summed E-state index contributed by atoms with van der Waals surface area (Å²) in [6.07, 6.45) is 2.12. The Bertz CT molecular complexity index is 1010. The van der Waals surface area contributed by atoms with E-state index in [9.17, 15) is 22.0 Å². The first-order chi connectivity index (χ1) is 12.2. The lowest BCUT2D eigenvalue weighted by Gasteiger charge is -2.09. The molecule has 0 radical (unpaired) electrons. The Morgan fingerprint density at radius 2 is 1.81 bits per heavy atom. The van der Waals surface area contributed by atoms with E-state index in [2.05, 4.69) is 5.32 Å². The Balaban J connectivity index is 2.24. The number of carbonyl (C=O) groups excluding carboxylic acids is 1. The number of rotatable bonds is 5. The van der Waals surface area contributed by atoms with Crippen LogP contribution in [0.2, 0.25) is 0 Å². The van der Waals surface area contributed by atoms with Crippen molar-refractivity contribution in [3.05, 3.63) is 65.2 Å². The van der Waals surface area contributed by atoms with Crippen LogP contribution in [0.4, 0.5) is 20.2 Å². The molecule has 0 saturated carbocycles. The van der Waals surface area contributed by atoms with Crippen LogP contribution in [0, 0.1) is 23.0 Å². The number of amides is 1. The molecular weight excluding hydrogens is 364 g/mol. The molecule has 9 heteroatoms. The van der Waals surface area contributed by atoms with Crippen molar-refractivity contribution in [1.29, 1.82) is 5.26 Å². The summed E-state index contributed by atoms with van der Waals surface area (Å²) >= 11 is 0. The molecule has 6 nitrogen and oxygen atoms in total. The van der Waals surface area contributed by atoms with Gasteiger partial charge in [-0.2, -0.15) is 5.26 Å². The molecule has 134 valence electrons. The van der Waals surface area contributed by atoms with Gasteiger partial charge in [0.15, 0.2) is 0 Å². The number of sulfonamides is 1. The maximum Gasteiger partial charge on any atom is 0.266 e. The predicted molar refractivity (Wildman–Crippen MR) is 93.5 cm³/mol. The molecule has 0 bridgehead atoms. The lowest BCUT2D eigenvalue weighted by Crippen LogP contribution is -2.15. The highest BCUT2D eigenvalue weighted by molar-refractivity contribution is 7.92. The molecule has 0 aliphatic rings. The van der Waals surface area contributed by atoms with E-state index in [-0.39, 0.29) is 16.9 Å². The van der Waals surface area contributed by atoms with Crippen molar-refractivity contribution in [2.24, 2.45) is 0 Å². The van der Waals surface area contributed by atoms with Crippen LogP contribution < -0.4 is 10.0 Å². The molecule has 0 aliphatic heterocycles. The van der Waals surface area contributed by atoms with Gasteiger partial charge >= 0.3 is 0 Å². The van der Waals surface area contributed by atoms with Gasteiger partial charge in [0.05, 0.1) is 11.9 Å². The van der Waals surface area contributed by atoms with Crippen molar-refractivity contribution in [1.82, 2.24) is 0 Å². The zero-order valence-corrected chi connectivity index (χ0v) is 14.3. The van der Waals surface area contributed by atoms with Crippen LogP contribution in [-0.2, 0) is 14.8 Å². The Hall–Kier alpha value is -3.25. The minimum atomic E-state index is -3.71. The first-order valence-corrected chi connectivity index (χ1v) is 9.03. The third kappa shape index (κ3) is 5.39. The highest BCUT2D eigenvalue weighted by Gasteiger charge is 2.13. The third-order valence-corrected chi connectivity index (χ3v) is 3.66. The quantitative estimate of drug-likeness (QED) is 0.618. The number of halogens is 2. The summed E-state index contributed by atoms with van der Waals surface area (Å²) in [5.74, 6) is -2.06. The number of anilines is 2. The van der Waals surface area contributed by atoms with E-state index in [0.717, 1.165) is 18.4 Å². The van der Waals surface area contributed by atoms with E-state index in [1.165, 1.54) is 36.4 Å². The number of hydrogen-bond acceptors (Lipinski definition) is 4. The third-order valence-electron chi connectivity index (χ3n) is 3.07. The fourth-order valence-corrected chi connectivity index (χ4v) is 2.51. The van der Waals surface area contributed by atoms with Gasteiger partial charge in [-0.25, -0.2) is 17.2 Å². The summed E-state index contributed by atoms with van der Waals surface area (Å²) in [7, 11) is -3.71. The van der Waals surface area contributed by atoms with Crippen LogP contribution in [-0.4, -0.2) is 20.6 Å². The van der Waals surface area contributed by atoms with E-state index in [1.54, 1.807) is 6.07 Å². The standard InChI is InChI=1S/C17H13F2N3O3S/c1-26(24,25)22-16-9-14(6-7-15(16)19)21-17(23)12(10-20)8-11-2-4-13(18)5-3-11/h2-9,22H,1H3,(H,21,23). The lowest BCUT2D eigenvalue weighted by atomic mass is 10.1. The maximum absolute atomic E-state index is 13.6. The fourth-order valence-electron chi connectivity index (χ4n) is 1.95. The van der Waals surface area contributed by atoms with Gasteiger partial charge in [-0.15, -0.1) is 0 Å². The number of nitrogens with one attached hydrogen (secondary N) is 2. The second kappa shape index (κ2) is 7.76. The summed E-state index contributed by atoms with van der Waals surface area (Å²) in [5.41, 5.74) is -0.0793. The van der Waals surface area contributed by atoms with Crippen molar-refractivity contribution in [2.45, 2.75) is 0 Å². The molecule has 0 heterocycles. The van der Waals surface area contributed by atoms with E-state index < -0.39 is 27.6 Å². The smallest absolute Gasteiger partial charge is 0.266 e. The molecule has 0 spiro atoms. The van der Waals surface area contributed by atoms with Gasteiger partial charge < -0.3 is 5.32 Å². The normalized spacial score (nSPS) is 11.5. The second-order valence-corrected chi connectivity index (χ2v) is 6.99. The van der Waals surface area contributed by atoms with E-state index in [0.29, 0.717) is 5.56 Å². The second-order valence-electron chi connectivity index (χ2n) is 5.24. The van der Waals surface area contributed by atoms with Gasteiger partial charge in [-0.1, -0.05) is 12.1 Å². The Morgan fingerprint density at radius 1 is 1.15 bits per heavy atom. The molecule has 2 rings (SSSR count).